The minimum absolute atomic E-state index is 0.263. The lowest BCUT2D eigenvalue weighted by Crippen LogP contribution is -2.19. The lowest BCUT2D eigenvalue weighted by Gasteiger charge is -2.12. The van der Waals surface area contributed by atoms with Crippen molar-refractivity contribution in [2.75, 3.05) is 19.0 Å². The quantitative estimate of drug-likeness (QED) is 0.692. The number of amides is 1. The molecule has 1 N–H and O–H groups in total. The van der Waals surface area contributed by atoms with Gasteiger partial charge >= 0.3 is 0 Å². The average molecular weight is 316 g/mol. The first-order valence-electron chi connectivity index (χ1n) is 6.85. The predicted molar refractivity (Wildman–Crippen MR) is 91.9 cm³/mol. The molecule has 4 nitrogen and oxygen atoms in total. The average Bonchev–Trinajstić information content (AvgIpc) is 2.53. The zero-order chi connectivity index (χ0) is 16.1. The molecular formula is C17H18ClN3O. The van der Waals surface area contributed by atoms with E-state index in [0.29, 0.717) is 10.6 Å². The van der Waals surface area contributed by atoms with Gasteiger partial charge in [-0.2, -0.15) is 5.10 Å². The highest BCUT2D eigenvalue weighted by Gasteiger charge is 2.05. The Morgan fingerprint density at radius 1 is 1.00 bits per heavy atom. The number of carbonyl (C=O) groups excluding carboxylic acids is 1. The molecule has 22 heavy (non-hydrogen) atoms. The first-order chi connectivity index (χ1) is 10.5. The lowest BCUT2D eigenvalue weighted by atomic mass is 10.1. The van der Waals surface area contributed by atoms with Crippen LogP contribution in [0.3, 0.4) is 0 Å². The number of hydrogen-bond acceptors (Lipinski definition) is 3. The summed E-state index contributed by atoms with van der Waals surface area (Å²) in [5.74, 6) is -0.263. The zero-order valence-electron chi connectivity index (χ0n) is 12.8. The number of hydrazone groups is 1. The van der Waals surface area contributed by atoms with Crippen LogP contribution in [-0.2, 0) is 0 Å². The van der Waals surface area contributed by atoms with E-state index in [2.05, 4.69) is 10.5 Å². The maximum Gasteiger partial charge on any atom is 0.271 e. The number of carbonyl (C=O) groups is 1. The minimum Gasteiger partial charge on any atom is -0.378 e. The van der Waals surface area contributed by atoms with Gasteiger partial charge in [-0.25, -0.2) is 5.43 Å². The molecule has 0 saturated heterocycles. The van der Waals surface area contributed by atoms with Gasteiger partial charge in [0.2, 0.25) is 0 Å². The molecular weight excluding hydrogens is 298 g/mol. The molecule has 0 saturated carbocycles. The minimum atomic E-state index is -0.263. The normalized spacial score (nSPS) is 11.2. The molecule has 2 aromatic carbocycles. The van der Waals surface area contributed by atoms with Crippen molar-refractivity contribution in [1.29, 1.82) is 0 Å². The molecule has 0 aliphatic carbocycles. The van der Waals surface area contributed by atoms with Crippen LogP contribution in [0.5, 0.6) is 0 Å². The van der Waals surface area contributed by atoms with Crippen molar-refractivity contribution in [3.8, 4) is 0 Å². The number of anilines is 1. The fourth-order valence-electron chi connectivity index (χ4n) is 1.87. The van der Waals surface area contributed by atoms with Crippen LogP contribution in [0.1, 0.15) is 22.8 Å². The summed E-state index contributed by atoms with van der Waals surface area (Å²) in [7, 11) is 3.98. The molecule has 2 rings (SSSR count). The second-order valence-corrected chi connectivity index (χ2v) is 5.52. The maximum absolute atomic E-state index is 12.0. The van der Waals surface area contributed by atoms with Crippen LogP contribution >= 0.6 is 11.6 Å². The first-order valence-corrected chi connectivity index (χ1v) is 7.23. The summed E-state index contributed by atoms with van der Waals surface area (Å²) in [6.07, 6.45) is 0. The summed E-state index contributed by atoms with van der Waals surface area (Å²) in [5, 5.41) is 4.73. The summed E-state index contributed by atoms with van der Waals surface area (Å²) in [5.41, 5.74) is 5.88. The third-order valence-corrected chi connectivity index (χ3v) is 3.49. The van der Waals surface area contributed by atoms with Crippen molar-refractivity contribution in [3.63, 3.8) is 0 Å². The second-order valence-electron chi connectivity index (χ2n) is 5.09. The van der Waals surface area contributed by atoms with Gasteiger partial charge in [0.05, 0.1) is 5.71 Å². The maximum atomic E-state index is 12.0. The fraction of sp³-hybridized carbons (Fsp3) is 0.176. The van der Waals surface area contributed by atoms with E-state index >= 15 is 0 Å². The van der Waals surface area contributed by atoms with Gasteiger partial charge in [-0.15, -0.1) is 0 Å². The SMILES string of the molecule is C/C(=N/NC(=O)c1ccc(Cl)cc1)c1ccc(N(C)C)cc1. The van der Waals surface area contributed by atoms with Crippen LogP contribution < -0.4 is 10.3 Å². The van der Waals surface area contributed by atoms with Gasteiger partial charge in [0.1, 0.15) is 0 Å². The Hall–Kier alpha value is -2.33. The molecule has 0 radical (unpaired) electrons. The summed E-state index contributed by atoms with van der Waals surface area (Å²) < 4.78 is 0. The Morgan fingerprint density at radius 3 is 2.09 bits per heavy atom. The number of halogens is 1. The van der Waals surface area contributed by atoms with Gasteiger partial charge in [-0.3, -0.25) is 4.79 Å². The van der Waals surface area contributed by atoms with Gasteiger partial charge in [-0.1, -0.05) is 23.7 Å². The van der Waals surface area contributed by atoms with Crippen molar-refractivity contribution in [2.45, 2.75) is 6.92 Å². The molecule has 114 valence electrons. The molecule has 0 atom stereocenters. The fourth-order valence-corrected chi connectivity index (χ4v) is 1.99. The van der Waals surface area contributed by atoms with Crippen LogP contribution in [-0.4, -0.2) is 25.7 Å². The molecule has 0 aliphatic heterocycles. The summed E-state index contributed by atoms with van der Waals surface area (Å²) in [6, 6.07) is 14.6. The Balaban J connectivity index is 2.05. The predicted octanol–water partition coefficient (Wildman–Crippen LogP) is 3.56. The number of nitrogens with zero attached hydrogens (tertiary/aromatic N) is 2. The van der Waals surface area contributed by atoms with Crippen LogP contribution in [0, 0.1) is 0 Å². The first kappa shape index (κ1) is 16.0. The summed E-state index contributed by atoms with van der Waals surface area (Å²) >= 11 is 5.80. The molecule has 0 fully saturated rings. The van der Waals surface area contributed by atoms with E-state index in [-0.39, 0.29) is 5.91 Å². The Kier molecular flexibility index (Phi) is 5.17. The van der Waals surface area contributed by atoms with Crippen molar-refractivity contribution in [1.82, 2.24) is 5.43 Å². The van der Waals surface area contributed by atoms with Gasteiger partial charge in [0, 0.05) is 30.4 Å². The van der Waals surface area contributed by atoms with Crippen LogP contribution in [0.15, 0.2) is 53.6 Å². The molecule has 5 heteroatoms. The topological polar surface area (TPSA) is 44.7 Å². The monoisotopic (exact) mass is 315 g/mol. The molecule has 0 aliphatic rings. The lowest BCUT2D eigenvalue weighted by molar-refractivity contribution is 0.0955. The third kappa shape index (κ3) is 4.09. The molecule has 0 unspecified atom stereocenters. The van der Waals surface area contributed by atoms with E-state index in [1.165, 1.54) is 0 Å². The van der Waals surface area contributed by atoms with E-state index in [1.54, 1.807) is 24.3 Å². The van der Waals surface area contributed by atoms with Crippen molar-refractivity contribution < 1.29 is 4.79 Å². The van der Waals surface area contributed by atoms with Gasteiger partial charge in [0.15, 0.2) is 0 Å². The van der Waals surface area contributed by atoms with Crippen LogP contribution in [0.25, 0.3) is 0 Å². The second kappa shape index (κ2) is 7.09. The van der Waals surface area contributed by atoms with E-state index in [0.717, 1.165) is 17.0 Å². The van der Waals surface area contributed by atoms with Crippen LogP contribution in [0.2, 0.25) is 5.02 Å². The number of benzene rings is 2. The Bertz CT molecular complexity index is 676. The Morgan fingerprint density at radius 2 is 1.55 bits per heavy atom. The number of rotatable bonds is 4. The largest absolute Gasteiger partial charge is 0.378 e. The molecule has 0 spiro atoms. The van der Waals surface area contributed by atoms with Crippen LogP contribution in [0.4, 0.5) is 5.69 Å². The van der Waals surface area contributed by atoms with E-state index in [9.17, 15) is 4.79 Å². The van der Waals surface area contributed by atoms with Gasteiger partial charge in [-0.05, 0) is 48.9 Å². The smallest absolute Gasteiger partial charge is 0.271 e. The van der Waals surface area contributed by atoms with Gasteiger partial charge < -0.3 is 4.90 Å². The molecule has 1 amide bonds. The third-order valence-electron chi connectivity index (χ3n) is 3.23. The highest BCUT2D eigenvalue weighted by Crippen LogP contribution is 2.13. The molecule has 0 bridgehead atoms. The number of nitrogens with one attached hydrogen (secondary N) is 1. The van der Waals surface area contributed by atoms with Crippen molar-refractivity contribution in [3.05, 3.63) is 64.7 Å². The molecule has 0 heterocycles. The zero-order valence-corrected chi connectivity index (χ0v) is 13.6. The van der Waals surface area contributed by atoms with Crippen molar-refractivity contribution >= 4 is 28.9 Å². The molecule has 0 aromatic heterocycles. The summed E-state index contributed by atoms with van der Waals surface area (Å²) in [4.78, 5) is 14.0. The van der Waals surface area contributed by atoms with Gasteiger partial charge in [0.25, 0.3) is 5.91 Å². The Labute approximate surface area is 135 Å². The van der Waals surface area contributed by atoms with E-state index < -0.39 is 0 Å². The van der Waals surface area contributed by atoms with E-state index in [4.69, 9.17) is 11.6 Å². The standard InChI is InChI=1S/C17H18ClN3O/c1-12(13-6-10-16(11-7-13)21(2)3)19-20-17(22)14-4-8-15(18)9-5-14/h4-11H,1-3H3,(H,20,22)/b19-12-. The highest BCUT2D eigenvalue weighted by molar-refractivity contribution is 6.30. The number of hydrogen-bond donors (Lipinski definition) is 1. The molecule has 2 aromatic rings. The summed E-state index contributed by atoms with van der Waals surface area (Å²) in [6.45, 7) is 1.85. The van der Waals surface area contributed by atoms with E-state index in [1.807, 2.05) is 50.2 Å². The van der Waals surface area contributed by atoms with Crippen molar-refractivity contribution in [2.24, 2.45) is 5.10 Å². The highest BCUT2D eigenvalue weighted by atomic mass is 35.5.